The lowest BCUT2D eigenvalue weighted by atomic mass is 9.81. The number of ether oxygens (including phenoxy) is 2. The molecule has 1 amide bonds. The van der Waals surface area contributed by atoms with Crippen LogP contribution in [0, 0.1) is 0 Å². The van der Waals surface area contributed by atoms with Gasteiger partial charge < -0.3 is 31.0 Å². The lowest BCUT2D eigenvalue weighted by molar-refractivity contribution is -0.114. The molecule has 0 bridgehead atoms. The van der Waals surface area contributed by atoms with Crippen molar-refractivity contribution in [1.29, 1.82) is 0 Å². The molecule has 32 heavy (non-hydrogen) atoms. The van der Waals surface area contributed by atoms with Gasteiger partial charge in [0, 0.05) is 47.1 Å². The molecule has 2 heterocycles. The van der Waals surface area contributed by atoms with Crippen LogP contribution in [0.15, 0.2) is 53.0 Å². The first-order valence-corrected chi connectivity index (χ1v) is 10.1. The molecule has 0 fully saturated rings. The number of H-pyrrole nitrogens is 1. The number of halogens is 2. The van der Waals surface area contributed by atoms with Crippen molar-refractivity contribution in [2.75, 3.05) is 13.7 Å². The fourth-order valence-electron chi connectivity index (χ4n) is 4.29. The summed E-state index contributed by atoms with van der Waals surface area (Å²) >= 11 is 6.46. The number of nitrogens with one attached hydrogen (secondary N) is 1. The van der Waals surface area contributed by atoms with Crippen LogP contribution in [0.1, 0.15) is 22.8 Å². The van der Waals surface area contributed by atoms with Crippen LogP contribution < -0.4 is 21.8 Å². The van der Waals surface area contributed by atoms with Gasteiger partial charge in [-0.25, -0.2) is 4.39 Å². The number of aromatic nitrogens is 1. The number of alkyl halides is 1. The number of fused-ring (bicyclic) bond motifs is 1. The summed E-state index contributed by atoms with van der Waals surface area (Å²) in [6, 6.07) is 5.99. The highest BCUT2D eigenvalue weighted by Gasteiger charge is 2.52. The highest BCUT2D eigenvalue weighted by Crippen LogP contribution is 2.53. The predicted molar refractivity (Wildman–Crippen MR) is 116 cm³/mol. The van der Waals surface area contributed by atoms with Crippen LogP contribution in [0.5, 0.6) is 5.75 Å². The molecule has 0 radical (unpaired) electrons. The Balaban J connectivity index is 1.99. The first kappa shape index (κ1) is 22.2. The first-order valence-electron chi connectivity index (χ1n) is 9.74. The molecule has 1 aliphatic carbocycles. The number of carbonyl (C=O) groups is 1. The molecular formula is C22H21ClFN3O5. The van der Waals surface area contributed by atoms with Gasteiger partial charge in [0.2, 0.25) is 5.91 Å². The third-order valence-corrected chi connectivity index (χ3v) is 6.17. The first-order chi connectivity index (χ1) is 15.3. The second-order valence-corrected chi connectivity index (χ2v) is 7.91. The number of aliphatic hydroxyl groups excluding tert-OH is 1. The molecule has 168 valence electrons. The summed E-state index contributed by atoms with van der Waals surface area (Å²) in [6.45, 7) is -0.269. The molecule has 4 atom stereocenters. The van der Waals surface area contributed by atoms with Crippen molar-refractivity contribution in [1.82, 2.24) is 4.98 Å². The van der Waals surface area contributed by atoms with E-state index in [1.165, 1.54) is 43.7 Å². The zero-order valence-electron chi connectivity index (χ0n) is 17.0. The van der Waals surface area contributed by atoms with E-state index in [2.05, 4.69) is 4.98 Å². The van der Waals surface area contributed by atoms with E-state index in [-0.39, 0.29) is 45.2 Å². The van der Waals surface area contributed by atoms with E-state index in [1.54, 1.807) is 6.07 Å². The van der Waals surface area contributed by atoms with Gasteiger partial charge in [0.1, 0.15) is 18.0 Å². The molecule has 1 unspecified atom stereocenters. The van der Waals surface area contributed by atoms with Gasteiger partial charge >= 0.3 is 0 Å². The van der Waals surface area contributed by atoms with Crippen LogP contribution in [-0.4, -0.2) is 41.9 Å². The average molecular weight is 462 g/mol. The number of aliphatic hydroxyl groups is 1. The van der Waals surface area contributed by atoms with Gasteiger partial charge in [-0.05, 0) is 24.3 Å². The standard InChI is InChI=1S/C22H21ClFN3O5/c1-31-14-6-4-10(20(26)29)15(18(14)24)16-12(23)5-7-13-17(16)19(28)22(9-25,32-13)11-3-2-8-27-21(11)30/h2-8,14,18-19,28H,9,25H2,1H3,(H2,26,29)(H,27,30)/t14-,18?,19-,22+/m0/s1. The summed E-state index contributed by atoms with van der Waals surface area (Å²) in [6.07, 6.45) is -0.138. The largest absolute Gasteiger partial charge is 0.477 e. The van der Waals surface area contributed by atoms with Crippen molar-refractivity contribution < 1.29 is 23.8 Å². The van der Waals surface area contributed by atoms with Gasteiger partial charge in [0.15, 0.2) is 11.8 Å². The molecule has 6 N–H and O–H groups in total. The van der Waals surface area contributed by atoms with E-state index >= 15 is 4.39 Å². The van der Waals surface area contributed by atoms with Crippen LogP contribution in [0.3, 0.4) is 0 Å². The molecule has 2 aromatic rings. The summed E-state index contributed by atoms with van der Waals surface area (Å²) in [5, 5.41) is 11.5. The number of aromatic amines is 1. The van der Waals surface area contributed by atoms with Crippen LogP contribution >= 0.6 is 11.6 Å². The van der Waals surface area contributed by atoms with Gasteiger partial charge in [0.05, 0.1) is 5.56 Å². The topological polar surface area (TPSA) is 141 Å². The maximum atomic E-state index is 15.5. The fraction of sp³-hybridized carbons (Fsp3) is 0.273. The zero-order chi connectivity index (χ0) is 23.2. The summed E-state index contributed by atoms with van der Waals surface area (Å²) in [7, 11) is 1.32. The van der Waals surface area contributed by atoms with Crippen LogP contribution in [-0.2, 0) is 15.1 Å². The summed E-state index contributed by atoms with van der Waals surface area (Å²) in [5.74, 6) is -0.724. The highest BCUT2D eigenvalue weighted by atomic mass is 35.5. The van der Waals surface area contributed by atoms with E-state index < -0.39 is 35.4 Å². The Bertz CT molecular complexity index is 1210. The summed E-state index contributed by atoms with van der Waals surface area (Å²) in [5.41, 5.74) is 9.34. The molecule has 0 spiro atoms. The molecule has 8 nitrogen and oxygen atoms in total. The number of pyridine rings is 1. The minimum Gasteiger partial charge on any atom is -0.477 e. The number of rotatable bonds is 5. The minimum absolute atomic E-state index is 0.0482. The van der Waals surface area contributed by atoms with Crippen molar-refractivity contribution in [3.63, 3.8) is 0 Å². The number of hydrogen-bond acceptors (Lipinski definition) is 6. The summed E-state index contributed by atoms with van der Waals surface area (Å²) in [4.78, 5) is 27.2. The SMILES string of the molecule is CO[C@H]1C=CC(C(N)=O)=C(c2c(Cl)ccc3c2[C@H](O)[C@@](CN)(c2ccc[nH]c2=O)O3)C1F. The average Bonchev–Trinajstić information content (AvgIpc) is 3.07. The van der Waals surface area contributed by atoms with Crippen molar-refractivity contribution in [2.45, 2.75) is 24.0 Å². The van der Waals surface area contributed by atoms with Gasteiger partial charge in [-0.3, -0.25) is 9.59 Å². The lowest BCUT2D eigenvalue weighted by Gasteiger charge is -2.31. The van der Waals surface area contributed by atoms with Crippen molar-refractivity contribution in [3.05, 3.63) is 80.3 Å². The second kappa shape index (κ2) is 8.18. The maximum Gasteiger partial charge on any atom is 0.255 e. The molecule has 1 aromatic heterocycles. The monoisotopic (exact) mass is 461 g/mol. The van der Waals surface area contributed by atoms with E-state index in [0.717, 1.165) is 0 Å². The van der Waals surface area contributed by atoms with E-state index in [0.29, 0.717) is 0 Å². The quantitative estimate of drug-likeness (QED) is 0.531. The molecule has 1 aromatic carbocycles. The third kappa shape index (κ3) is 3.17. The van der Waals surface area contributed by atoms with E-state index in [9.17, 15) is 14.7 Å². The summed E-state index contributed by atoms with van der Waals surface area (Å²) < 4.78 is 26.7. The second-order valence-electron chi connectivity index (χ2n) is 7.50. The molecule has 10 heteroatoms. The fourth-order valence-corrected chi connectivity index (χ4v) is 4.56. The molecule has 0 saturated heterocycles. The van der Waals surface area contributed by atoms with Crippen LogP contribution in [0.4, 0.5) is 4.39 Å². The van der Waals surface area contributed by atoms with Crippen molar-refractivity contribution in [3.8, 4) is 5.75 Å². The Morgan fingerprint density at radius 3 is 2.78 bits per heavy atom. The van der Waals surface area contributed by atoms with Gasteiger partial charge in [-0.15, -0.1) is 0 Å². The van der Waals surface area contributed by atoms with Crippen LogP contribution in [0.25, 0.3) is 5.57 Å². The number of benzene rings is 1. The van der Waals surface area contributed by atoms with Gasteiger partial charge in [-0.1, -0.05) is 23.8 Å². The molecule has 0 saturated carbocycles. The number of methoxy groups -OCH3 is 1. The van der Waals surface area contributed by atoms with Crippen LogP contribution in [0.2, 0.25) is 5.02 Å². The maximum absolute atomic E-state index is 15.5. The normalized spacial score (nSPS) is 26.7. The Morgan fingerprint density at radius 2 is 2.16 bits per heavy atom. The lowest BCUT2D eigenvalue weighted by Crippen LogP contribution is -2.46. The predicted octanol–water partition coefficient (Wildman–Crippen LogP) is 1.47. The Kier molecular flexibility index (Phi) is 5.68. The molecular weight excluding hydrogens is 441 g/mol. The number of hydrogen-bond donors (Lipinski definition) is 4. The van der Waals surface area contributed by atoms with E-state index in [4.69, 9.17) is 32.5 Å². The Hall–Kier alpha value is -2.98. The Labute approximate surface area is 187 Å². The molecule has 1 aliphatic heterocycles. The van der Waals surface area contributed by atoms with Crippen molar-refractivity contribution >= 4 is 23.1 Å². The number of nitrogens with two attached hydrogens (primary N) is 2. The number of primary amides is 1. The molecule has 4 rings (SSSR count). The number of carbonyl (C=O) groups excluding carboxylic acids is 1. The minimum atomic E-state index is -1.81. The third-order valence-electron chi connectivity index (χ3n) is 5.85. The Morgan fingerprint density at radius 1 is 1.41 bits per heavy atom. The van der Waals surface area contributed by atoms with Crippen molar-refractivity contribution in [2.24, 2.45) is 11.5 Å². The zero-order valence-corrected chi connectivity index (χ0v) is 17.7. The van der Waals surface area contributed by atoms with Gasteiger partial charge in [0.25, 0.3) is 5.56 Å². The van der Waals surface area contributed by atoms with E-state index in [1.807, 2.05) is 0 Å². The highest BCUT2D eigenvalue weighted by molar-refractivity contribution is 6.33. The van der Waals surface area contributed by atoms with Gasteiger partial charge in [-0.2, -0.15) is 0 Å². The number of amides is 1. The molecule has 2 aliphatic rings. The smallest absolute Gasteiger partial charge is 0.255 e.